The van der Waals surface area contributed by atoms with Gasteiger partial charge in [0, 0.05) is 6.08 Å². The molecule has 6 heteroatoms. The van der Waals surface area contributed by atoms with Crippen LogP contribution in [-0.4, -0.2) is 26.1 Å². The van der Waals surface area contributed by atoms with E-state index in [4.69, 9.17) is 4.74 Å². The van der Waals surface area contributed by atoms with E-state index in [1.54, 1.807) is 19.1 Å². The molecule has 0 spiro atoms. The molecule has 0 radical (unpaired) electrons. The van der Waals surface area contributed by atoms with Crippen LogP contribution in [-0.2, 0) is 9.53 Å². The summed E-state index contributed by atoms with van der Waals surface area (Å²) in [6.45, 7) is 5.07. The van der Waals surface area contributed by atoms with E-state index in [1.807, 2.05) is 24.3 Å². The first-order chi connectivity index (χ1) is 11.1. The third kappa shape index (κ3) is 2.91. The SMILES string of the molecule is C=CC(=O)OC(C)c1ccc(-n2nc3ccccc3n2)c(O)c1. The van der Waals surface area contributed by atoms with E-state index in [1.165, 1.54) is 10.9 Å². The molecule has 2 aromatic carbocycles. The number of rotatable bonds is 4. The fourth-order valence-corrected chi connectivity index (χ4v) is 2.22. The first-order valence-electron chi connectivity index (χ1n) is 7.07. The van der Waals surface area contributed by atoms with Gasteiger partial charge >= 0.3 is 5.97 Å². The molecule has 0 bridgehead atoms. The number of nitrogens with zero attached hydrogens (tertiary/aromatic N) is 3. The summed E-state index contributed by atoms with van der Waals surface area (Å²) in [4.78, 5) is 12.6. The summed E-state index contributed by atoms with van der Waals surface area (Å²) in [7, 11) is 0. The van der Waals surface area contributed by atoms with Gasteiger partial charge in [-0.2, -0.15) is 0 Å². The molecule has 0 amide bonds. The molecule has 0 saturated heterocycles. The van der Waals surface area contributed by atoms with Crippen molar-refractivity contribution in [2.24, 2.45) is 0 Å². The fourth-order valence-electron chi connectivity index (χ4n) is 2.22. The zero-order chi connectivity index (χ0) is 16.4. The normalized spacial score (nSPS) is 12.0. The number of phenols is 1. The standard InChI is InChI=1S/C17H15N3O3/c1-3-17(22)23-11(2)12-8-9-15(16(21)10-12)20-18-13-6-4-5-7-14(13)19-20/h3-11,21H,1H2,2H3. The molecular weight excluding hydrogens is 294 g/mol. The van der Waals surface area contributed by atoms with Crippen LogP contribution < -0.4 is 0 Å². The van der Waals surface area contributed by atoms with Crippen LogP contribution in [0.15, 0.2) is 55.1 Å². The van der Waals surface area contributed by atoms with Gasteiger partial charge in [-0.3, -0.25) is 0 Å². The van der Waals surface area contributed by atoms with Crippen molar-refractivity contribution in [3.8, 4) is 11.4 Å². The largest absolute Gasteiger partial charge is 0.506 e. The Kier molecular flexibility index (Phi) is 3.80. The first-order valence-corrected chi connectivity index (χ1v) is 7.07. The molecule has 0 aliphatic carbocycles. The molecular formula is C17H15N3O3. The summed E-state index contributed by atoms with van der Waals surface area (Å²) in [6.07, 6.45) is 0.606. The van der Waals surface area contributed by atoms with Gasteiger partial charge in [-0.05, 0) is 36.8 Å². The summed E-state index contributed by atoms with van der Waals surface area (Å²) >= 11 is 0. The third-order valence-electron chi connectivity index (χ3n) is 3.43. The number of carbonyl (C=O) groups is 1. The highest BCUT2D eigenvalue weighted by Gasteiger charge is 2.14. The molecule has 1 atom stereocenters. The average molecular weight is 309 g/mol. The predicted octanol–water partition coefficient (Wildman–Crippen LogP) is 2.92. The predicted molar refractivity (Wildman–Crippen MR) is 85.2 cm³/mol. The van der Waals surface area contributed by atoms with Crippen molar-refractivity contribution in [1.29, 1.82) is 0 Å². The maximum absolute atomic E-state index is 11.2. The van der Waals surface area contributed by atoms with Crippen LogP contribution in [0.1, 0.15) is 18.6 Å². The van der Waals surface area contributed by atoms with Gasteiger partial charge in [0.15, 0.2) is 0 Å². The minimum atomic E-state index is -0.513. The number of carbonyl (C=O) groups excluding carboxylic acids is 1. The number of esters is 1. The third-order valence-corrected chi connectivity index (χ3v) is 3.43. The second kappa shape index (κ2) is 5.92. The molecule has 1 N–H and O–H groups in total. The Balaban J connectivity index is 1.92. The number of hydrogen-bond donors (Lipinski definition) is 1. The van der Waals surface area contributed by atoms with Crippen molar-refractivity contribution >= 4 is 17.0 Å². The lowest BCUT2D eigenvalue weighted by atomic mass is 10.1. The summed E-state index contributed by atoms with van der Waals surface area (Å²) in [5.41, 5.74) is 2.60. The zero-order valence-electron chi connectivity index (χ0n) is 12.5. The van der Waals surface area contributed by atoms with E-state index in [9.17, 15) is 9.90 Å². The minimum Gasteiger partial charge on any atom is -0.506 e. The smallest absolute Gasteiger partial charge is 0.330 e. The van der Waals surface area contributed by atoms with Gasteiger partial charge in [-0.1, -0.05) is 24.8 Å². The number of aromatic hydroxyl groups is 1. The van der Waals surface area contributed by atoms with E-state index < -0.39 is 12.1 Å². The second-order valence-corrected chi connectivity index (χ2v) is 5.01. The molecule has 3 aromatic rings. The molecule has 1 aromatic heterocycles. The van der Waals surface area contributed by atoms with Gasteiger partial charge in [0.1, 0.15) is 28.6 Å². The number of phenolic OH excluding ortho intramolecular Hbond substituents is 1. The average Bonchev–Trinajstić information content (AvgIpc) is 2.98. The quantitative estimate of drug-likeness (QED) is 0.592. The van der Waals surface area contributed by atoms with Crippen LogP contribution >= 0.6 is 0 Å². The van der Waals surface area contributed by atoms with Crippen molar-refractivity contribution < 1.29 is 14.6 Å². The fraction of sp³-hybridized carbons (Fsp3) is 0.118. The first kappa shape index (κ1) is 14.8. The van der Waals surface area contributed by atoms with Crippen LogP contribution in [0.5, 0.6) is 5.75 Å². The van der Waals surface area contributed by atoms with Crippen LogP contribution in [0.25, 0.3) is 16.7 Å². The lowest BCUT2D eigenvalue weighted by Gasteiger charge is -2.13. The molecule has 1 heterocycles. The Bertz CT molecular complexity index is 853. The highest BCUT2D eigenvalue weighted by Crippen LogP contribution is 2.27. The summed E-state index contributed by atoms with van der Waals surface area (Å²) in [5.74, 6) is -0.509. The lowest BCUT2D eigenvalue weighted by Crippen LogP contribution is -2.06. The second-order valence-electron chi connectivity index (χ2n) is 5.01. The van der Waals surface area contributed by atoms with Crippen LogP contribution in [0.4, 0.5) is 0 Å². The van der Waals surface area contributed by atoms with E-state index in [0.717, 1.165) is 17.1 Å². The highest BCUT2D eigenvalue weighted by molar-refractivity contribution is 5.81. The van der Waals surface area contributed by atoms with E-state index >= 15 is 0 Å². The molecule has 0 aliphatic rings. The van der Waals surface area contributed by atoms with Gasteiger partial charge in [0.05, 0.1) is 0 Å². The van der Waals surface area contributed by atoms with Gasteiger partial charge < -0.3 is 9.84 Å². The van der Waals surface area contributed by atoms with Crippen molar-refractivity contribution in [2.75, 3.05) is 0 Å². The van der Waals surface area contributed by atoms with Crippen LogP contribution in [0.3, 0.4) is 0 Å². The summed E-state index contributed by atoms with van der Waals surface area (Å²) in [5, 5.41) is 18.9. The zero-order valence-corrected chi connectivity index (χ0v) is 12.5. The van der Waals surface area contributed by atoms with Crippen LogP contribution in [0, 0.1) is 0 Å². The van der Waals surface area contributed by atoms with Crippen molar-refractivity contribution in [3.63, 3.8) is 0 Å². The number of benzene rings is 2. The summed E-state index contributed by atoms with van der Waals surface area (Å²) < 4.78 is 5.13. The Morgan fingerprint density at radius 1 is 1.26 bits per heavy atom. The molecule has 116 valence electrons. The van der Waals surface area contributed by atoms with Crippen molar-refractivity contribution in [1.82, 2.24) is 15.0 Å². The maximum Gasteiger partial charge on any atom is 0.330 e. The highest BCUT2D eigenvalue weighted by atomic mass is 16.5. The number of hydrogen-bond acceptors (Lipinski definition) is 5. The molecule has 0 fully saturated rings. The Labute approximate surface area is 132 Å². The Morgan fingerprint density at radius 3 is 2.48 bits per heavy atom. The molecule has 1 unspecified atom stereocenters. The molecule has 6 nitrogen and oxygen atoms in total. The maximum atomic E-state index is 11.2. The van der Waals surface area contributed by atoms with E-state index in [2.05, 4.69) is 16.8 Å². The van der Waals surface area contributed by atoms with Crippen molar-refractivity contribution in [3.05, 3.63) is 60.7 Å². The van der Waals surface area contributed by atoms with Crippen LogP contribution in [0.2, 0.25) is 0 Å². The van der Waals surface area contributed by atoms with Gasteiger partial charge in [0.2, 0.25) is 0 Å². The minimum absolute atomic E-state index is 0.00399. The number of fused-ring (bicyclic) bond motifs is 1. The van der Waals surface area contributed by atoms with Gasteiger partial charge in [0.25, 0.3) is 0 Å². The van der Waals surface area contributed by atoms with E-state index in [0.29, 0.717) is 11.3 Å². The summed E-state index contributed by atoms with van der Waals surface area (Å²) in [6, 6.07) is 12.4. The molecule has 3 rings (SSSR count). The molecule has 23 heavy (non-hydrogen) atoms. The Morgan fingerprint density at radius 2 is 1.91 bits per heavy atom. The van der Waals surface area contributed by atoms with Gasteiger partial charge in [-0.15, -0.1) is 15.0 Å². The van der Waals surface area contributed by atoms with Gasteiger partial charge in [-0.25, -0.2) is 4.79 Å². The lowest BCUT2D eigenvalue weighted by molar-refractivity contribution is -0.142. The monoisotopic (exact) mass is 309 g/mol. The van der Waals surface area contributed by atoms with E-state index in [-0.39, 0.29) is 5.75 Å². The van der Waals surface area contributed by atoms with Crippen molar-refractivity contribution in [2.45, 2.75) is 13.0 Å². The topological polar surface area (TPSA) is 77.2 Å². The number of ether oxygens (including phenoxy) is 1. The molecule has 0 saturated carbocycles. The Hall–Kier alpha value is -3.15. The molecule has 0 aliphatic heterocycles. The number of aromatic nitrogens is 3.